The van der Waals surface area contributed by atoms with E-state index in [9.17, 15) is 4.79 Å². The zero-order valence-corrected chi connectivity index (χ0v) is 14.5. The van der Waals surface area contributed by atoms with Gasteiger partial charge in [0.05, 0.1) is 23.1 Å². The van der Waals surface area contributed by atoms with Crippen LogP contribution in [-0.2, 0) is 6.42 Å². The number of hydrogen-bond acceptors (Lipinski definition) is 5. The van der Waals surface area contributed by atoms with Crippen LogP contribution in [0.3, 0.4) is 0 Å². The number of hydrogen-bond donors (Lipinski definition) is 1. The molecule has 0 radical (unpaired) electrons. The Labute approximate surface area is 147 Å². The molecule has 1 atom stereocenters. The summed E-state index contributed by atoms with van der Waals surface area (Å²) in [6.07, 6.45) is 6.15. The number of anilines is 1. The zero-order chi connectivity index (χ0) is 17.4. The SMILES string of the molecule is Cc1nc(N)nc2c1C(=O)CC(c1ccccc1OC1CCCC1)C2. The van der Waals surface area contributed by atoms with Gasteiger partial charge >= 0.3 is 0 Å². The third-order valence-corrected chi connectivity index (χ3v) is 5.29. The fraction of sp³-hybridized carbons (Fsp3) is 0.450. The lowest BCUT2D eigenvalue weighted by Crippen LogP contribution is -2.23. The van der Waals surface area contributed by atoms with Gasteiger partial charge in [0, 0.05) is 12.3 Å². The van der Waals surface area contributed by atoms with Gasteiger partial charge in [0.25, 0.3) is 0 Å². The lowest BCUT2D eigenvalue weighted by molar-refractivity contribution is 0.0961. The number of rotatable bonds is 3. The first-order chi connectivity index (χ1) is 12.1. The van der Waals surface area contributed by atoms with E-state index in [1.54, 1.807) is 0 Å². The normalized spacial score (nSPS) is 20.5. The molecule has 0 aliphatic heterocycles. The maximum absolute atomic E-state index is 12.7. The molecule has 5 nitrogen and oxygen atoms in total. The van der Waals surface area contributed by atoms with Crippen molar-refractivity contribution in [3.8, 4) is 5.75 Å². The van der Waals surface area contributed by atoms with Gasteiger partial charge in [0.2, 0.25) is 5.95 Å². The van der Waals surface area contributed by atoms with Crippen LogP contribution in [0.2, 0.25) is 0 Å². The van der Waals surface area contributed by atoms with Crippen molar-refractivity contribution in [3.05, 3.63) is 46.8 Å². The third-order valence-electron chi connectivity index (χ3n) is 5.29. The van der Waals surface area contributed by atoms with Gasteiger partial charge in [-0.25, -0.2) is 9.97 Å². The Morgan fingerprint density at radius 2 is 1.88 bits per heavy atom. The minimum atomic E-state index is 0.0753. The number of nitrogen functional groups attached to an aromatic ring is 1. The molecule has 2 aromatic rings. The lowest BCUT2D eigenvalue weighted by atomic mass is 9.81. The maximum atomic E-state index is 12.7. The van der Waals surface area contributed by atoms with Crippen molar-refractivity contribution in [2.24, 2.45) is 0 Å². The molecule has 1 fully saturated rings. The highest BCUT2D eigenvalue weighted by Gasteiger charge is 2.31. The number of nitrogens with two attached hydrogens (primary N) is 1. The van der Waals surface area contributed by atoms with Gasteiger partial charge in [-0.15, -0.1) is 0 Å². The number of aryl methyl sites for hydroxylation is 1. The predicted molar refractivity (Wildman–Crippen MR) is 95.9 cm³/mol. The molecule has 2 aliphatic carbocycles. The number of aromatic nitrogens is 2. The molecular weight excluding hydrogens is 314 g/mol. The van der Waals surface area contributed by atoms with Gasteiger partial charge in [-0.3, -0.25) is 4.79 Å². The number of benzene rings is 1. The van der Waals surface area contributed by atoms with Crippen LogP contribution < -0.4 is 10.5 Å². The van der Waals surface area contributed by atoms with Crippen LogP contribution in [0.1, 0.15) is 65.3 Å². The number of ether oxygens (including phenoxy) is 1. The summed E-state index contributed by atoms with van der Waals surface area (Å²) in [4.78, 5) is 21.2. The van der Waals surface area contributed by atoms with E-state index < -0.39 is 0 Å². The first-order valence-corrected chi connectivity index (χ1v) is 9.03. The first-order valence-electron chi connectivity index (χ1n) is 9.03. The highest BCUT2D eigenvalue weighted by molar-refractivity contribution is 5.99. The van der Waals surface area contributed by atoms with E-state index in [2.05, 4.69) is 16.0 Å². The van der Waals surface area contributed by atoms with Gasteiger partial charge in [-0.2, -0.15) is 0 Å². The number of fused-ring (bicyclic) bond motifs is 1. The summed E-state index contributed by atoms with van der Waals surface area (Å²) >= 11 is 0. The molecule has 2 aliphatic rings. The predicted octanol–water partition coefficient (Wildman–Crippen LogP) is 3.60. The summed E-state index contributed by atoms with van der Waals surface area (Å²) in [5.41, 5.74) is 8.99. The average Bonchev–Trinajstić information content (AvgIpc) is 3.07. The number of carbonyl (C=O) groups excluding carboxylic acids is 1. The Morgan fingerprint density at radius 3 is 2.68 bits per heavy atom. The van der Waals surface area contributed by atoms with Crippen molar-refractivity contribution in [1.82, 2.24) is 9.97 Å². The molecule has 2 N–H and O–H groups in total. The molecule has 0 saturated heterocycles. The van der Waals surface area contributed by atoms with E-state index in [1.165, 1.54) is 12.8 Å². The van der Waals surface area contributed by atoms with Gasteiger partial charge in [-0.1, -0.05) is 18.2 Å². The van der Waals surface area contributed by atoms with Crippen molar-refractivity contribution in [1.29, 1.82) is 0 Å². The molecular formula is C20H23N3O2. The van der Waals surface area contributed by atoms with Crippen LogP contribution in [0, 0.1) is 6.92 Å². The molecule has 0 amide bonds. The van der Waals surface area contributed by atoms with Crippen molar-refractivity contribution >= 4 is 11.7 Å². The second-order valence-electron chi connectivity index (χ2n) is 7.08. The van der Waals surface area contributed by atoms with Crippen LogP contribution in [0.15, 0.2) is 24.3 Å². The fourth-order valence-electron chi connectivity index (χ4n) is 4.13. The minimum Gasteiger partial charge on any atom is -0.490 e. The van der Waals surface area contributed by atoms with E-state index in [0.29, 0.717) is 30.2 Å². The minimum absolute atomic E-state index is 0.0753. The second kappa shape index (κ2) is 6.47. The molecule has 0 spiro atoms. The van der Waals surface area contributed by atoms with E-state index in [4.69, 9.17) is 10.5 Å². The molecule has 0 bridgehead atoms. The van der Waals surface area contributed by atoms with Crippen LogP contribution >= 0.6 is 0 Å². The molecule has 1 aromatic heterocycles. The van der Waals surface area contributed by atoms with E-state index in [-0.39, 0.29) is 17.6 Å². The fourth-order valence-corrected chi connectivity index (χ4v) is 4.13. The second-order valence-corrected chi connectivity index (χ2v) is 7.08. The molecule has 4 rings (SSSR count). The Morgan fingerprint density at radius 1 is 1.12 bits per heavy atom. The Balaban J connectivity index is 1.66. The average molecular weight is 337 g/mol. The largest absolute Gasteiger partial charge is 0.490 e. The highest BCUT2D eigenvalue weighted by Crippen LogP contribution is 2.38. The van der Waals surface area contributed by atoms with E-state index >= 15 is 0 Å². The van der Waals surface area contributed by atoms with Gasteiger partial charge < -0.3 is 10.5 Å². The monoisotopic (exact) mass is 337 g/mol. The molecule has 130 valence electrons. The van der Waals surface area contributed by atoms with Crippen molar-refractivity contribution < 1.29 is 9.53 Å². The Kier molecular flexibility index (Phi) is 4.15. The molecule has 1 heterocycles. The first kappa shape index (κ1) is 16.1. The third kappa shape index (κ3) is 3.11. The molecule has 1 saturated carbocycles. The standard InChI is InChI=1S/C20H23N3O2/c1-12-19-16(23-20(21)22-12)10-13(11-17(19)24)15-8-4-5-9-18(15)25-14-6-2-3-7-14/h4-5,8-9,13-14H,2-3,6-7,10-11H2,1H3,(H2,21,22,23). The number of carbonyl (C=O) groups is 1. The maximum Gasteiger partial charge on any atom is 0.220 e. The Hall–Kier alpha value is -2.43. The molecule has 1 aromatic carbocycles. The summed E-state index contributed by atoms with van der Waals surface area (Å²) in [7, 11) is 0. The van der Waals surface area contributed by atoms with Crippen molar-refractivity contribution in [2.75, 3.05) is 5.73 Å². The summed E-state index contributed by atoms with van der Waals surface area (Å²) in [5.74, 6) is 1.32. The smallest absolute Gasteiger partial charge is 0.220 e. The van der Waals surface area contributed by atoms with Crippen molar-refractivity contribution in [3.63, 3.8) is 0 Å². The molecule has 5 heteroatoms. The molecule has 1 unspecified atom stereocenters. The summed E-state index contributed by atoms with van der Waals surface area (Å²) < 4.78 is 6.26. The summed E-state index contributed by atoms with van der Waals surface area (Å²) in [6.45, 7) is 1.83. The van der Waals surface area contributed by atoms with Crippen LogP contribution in [0.25, 0.3) is 0 Å². The number of nitrogens with zero attached hydrogens (tertiary/aromatic N) is 2. The van der Waals surface area contributed by atoms with Gasteiger partial charge in [0.1, 0.15) is 5.75 Å². The number of ketones is 1. The zero-order valence-electron chi connectivity index (χ0n) is 14.5. The number of Topliss-reactive ketones (excluding diaryl/α,β-unsaturated/α-hetero) is 1. The quantitative estimate of drug-likeness (QED) is 0.926. The van der Waals surface area contributed by atoms with Crippen molar-refractivity contribution in [2.45, 2.75) is 57.5 Å². The number of para-hydroxylation sites is 1. The van der Waals surface area contributed by atoms with Crippen LogP contribution in [0.5, 0.6) is 5.75 Å². The topological polar surface area (TPSA) is 78.1 Å². The van der Waals surface area contributed by atoms with Crippen LogP contribution in [-0.4, -0.2) is 21.9 Å². The Bertz CT molecular complexity index is 813. The molecule has 25 heavy (non-hydrogen) atoms. The van der Waals surface area contributed by atoms with E-state index in [1.807, 2.05) is 25.1 Å². The van der Waals surface area contributed by atoms with Gasteiger partial charge in [-0.05, 0) is 50.7 Å². The summed E-state index contributed by atoms with van der Waals surface area (Å²) in [5, 5.41) is 0. The summed E-state index contributed by atoms with van der Waals surface area (Å²) in [6, 6.07) is 8.10. The van der Waals surface area contributed by atoms with E-state index in [0.717, 1.165) is 29.8 Å². The van der Waals surface area contributed by atoms with Gasteiger partial charge in [0.15, 0.2) is 5.78 Å². The highest BCUT2D eigenvalue weighted by atomic mass is 16.5. The lowest BCUT2D eigenvalue weighted by Gasteiger charge is -2.26. The van der Waals surface area contributed by atoms with Crippen LogP contribution in [0.4, 0.5) is 5.95 Å².